The Morgan fingerprint density at radius 2 is 2.00 bits per heavy atom. The van der Waals surface area contributed by atoms with Crippen molar-refractivity contribution in [3.05, 3.63) is 29.8 Å². The maximum Gasteiger partial charge on any atom is 0.338 e. The first-order valence-electron chi connectivity index (χ1n) is 4.96. The third-order valence-electron chi connectivity index (χ3n) is 1.91. The van der Waals surface area contributed by atoms with Crippen molar-refractivity contribution in [1.29, 1.82) is 0 Å². The van der Waals surface area contributed by atoms with E-state index in [0.717, 1.165) is 5.69 Å². The molecule has 0 saturated heterocycles. The van der Waals surface area contributed by atoms with Crippen molar-refractivity contribution in [3.8, 4) is 0 Å². The Hall–Kier alpha value is -1.66. The molecule has 0 aliphatic rings. The van der Waals surface area contributed by atoms with Crippen molar-refractivity contribution >= 4 is 29.0 Å². The second kappa shape index (κ2) is 6.82. The lowest BCUT2D eigenvalue weighted by molar-refractivity contribution is 0.0388. The molecular weight excluding hydrogens is 240 g/mol. The van der Waals surface area contributed by atoms with Gasteiger partial charge in [0.05, 0.1) is 12.2 Å². The van der Waals surface area contributed by atoms with E-state index in [1.807, 2.05) is 0 Å². The molecule has 0 aliphatic heterocycles. The lowest BCUT2D eigenvalue weighted by Gasteiger charge is -2.06. The summed E-state index contributed by atoms with van der Waals surface area (Å²) in [5.41, 5.74) is 6.51. The first-order chi connectivity index (χ1) is 8.13. The second-order valence-corrected chi connectivity index (χ2v) is 3.64. The van der Waals surface area contributed by atoms with Crippen molar-refractivity contribution in [3.63, 3.8) is 0 Å². The summed E-state index contributed by atoms with van der Waals surface area (Å²) in [6.07, 6.45) is 0. The van der Waals surface area contributed by atoms with Gasteiger partial charge >= 0.3 is 5.97 Å². The molecule has 0 amide bonds. The van der Waals surface area contributed by atoms with Crippen LogP contribution in [0.5, 0.6) is 0 Å². The summed E-state index contributed by atoms with van der Waals surface area (Å²) >= 11 is 4.69. The van der Waals surface area contributed by atoms with Gasteiger partial charge in [0.2, 0.25) is 0 Å². The molecule has 5 nitrogen and oxygen atoms in total. The summed E-state index contributed by atoms with van der Waals surface area (Å²) in [7, 11) is 1.55. The van der Waals surface area contributed by atoms with Crippen LogP contribution in [0.1, 0.15) is 10.4 Å². The third kappa shape index (κ3) is 4.80. The molecule has 0 fully saturated rings. The van der Waals surface area contributed by atoms with Crippen molar-refractivity contribution in [2.45, 2.75) is 0 Å². The minimum atomic E-state index is -0.385. The molecule has 1 aromatic rings. The zero-order valence-electron chi connectivity index (χ0n) is 9.43. The lowest BCUT2D eigenvalue weighted by Crippen LogP contribution is -2.18. The van der Waals surface area contributed by atoms with Gasteiger partial charge in [0.15, 0.2) is 5.11 Å². The minimum absolute atomic E-state index is 0.181. The Morgan fingerprint density at radius 1 is 1.35 bits per heavy atom. The summed E-state index contributed by atoms with van der Waals surface area (Å²) in [4.78, 5) is 11.5. The van der Waals surface area contributed by atoms with E-state index in [1.54, 1.807) is 31.4 Å². The van der Waals surface area contributed by atoms with Gasteiger partial charge in [-0.2, -0.15) is 0 Å². The number of carbonyl (C=O) groups excluding carboxylic acids is 1. The number of nitrogens with two attached hydrogens (primary N) is 1. The maximum atomic E-state index is 11.5. The number of carbonyl (C=O) groups is 1. The van der Waals surface area contributed by atoms with Crippen LogP contribution in [0.3, 0.4) is 0 Å². The second-order valence-electron chi connectivity index (χ2n) is 3.20. The monoisotopic (exact) mass is 254 g/mol. The Kier molecular flexibility index (Phi) is 5.38. The van der Waals surface area contributed by atoms with Crippen LogP contribution in [0.15, 0.2) is 24.3 Å². The third-order valence-corrected chi connectivity index (χ3v) is 2.01. The van der Waals surface area contributed by atoms with E-state index < -0.39 is 0 Å². The normalized spacial score (nSPS) is 9.71. The molecule has 0 heterocycles. The van der Waals surface area contributed by atoms with Crippen LogP contribution < -0.4 is 11.1 Å². The van der Waals surface area contributed by atoms with E-state index in [4.69, 9.17) is 27.4 Å². The van der Waals surface area contributed by atoms with Gasteiger partial charge in [-0.1, -0.05) is 0 Å². The molecule has 0 aromatic heterocycles. The van der Waals surface area contributed by atoms with Gasteiger partial charge in [-0.25, -0.2) is 4.79 Å². The molecule has 0 spiro atoms. The largest absolute Gasteiger partial charge is 0.460 e. The zero-order valence-corrected chi connectivity index (χ0v) is 10.3. The summed E-state index contributed by atoms with van der Waals surface area (Å²) in [6.45, 7) is 0.620. The predicted molar refractivity (Wildman–Crippen MR) is 69.0 cm³/mol. The van der Waals surface area contributed by atoms with Crippen LogP contribution >= 0.6 is 12.2 Å². The number of rotatable bonds is 5. The number of hydrogen-bond donors (Lipinski definition) is 2. The van der Waals surface area contributed by atoms with E-state index in [1.165, 1.54) is 0 Å². The predicted octanol–water partition coefficient (Wildman–Crippen LogP) is 1.15. The van der Waals surface area contributed by atoms with E-state index in [2.05, 4.69) is 5.32 Å². The van der Waals surface area contributed by atoms with Gasteiger partial charge in [0, 0.05) is 12.8 Å². The fourth-order valence-corrected chi connectivity index (χ4v) is 1.25. The molecule has 0 saturated carbocycles. The van der Waals surface area contributed by atoms with Crippen LogP contribution in [0, 0.1) is 0 Å². The molecular formula is C11H14N2O3S. The van der Waals surface area contributed by atoms with Crippen LogP contribution in [-0.2, 0) is 9.47 Å². The summed E-state index contributed by atoms with van der Waals surface area (Å²) < 4.78 is 9.73. The Balaban J connectivity index is 2.54. The van der Waals surface area contributed by atoms with Crippen LogP contribution in [0.4, 0.5) is 5.69 Å². The number of hydrogen-bond acceptors (Lipinski definition) is 4. The van der Waals surface area contributed by atoms with Crippen LogP contribution in [0.25, 0.3) is 0 Å². The zero-order chi connectivity index (χ0) is 12.7. The van der Waals surface area contributed by atoms with Gasteiger partial charge in [-0.3, -0.25) is 0 Å². The smallest absolute Gasteiger partial charge is 0.338 e. The molecule has 0 aliphatic carbocycles. The molecule has 1 aromatic carbocycles. The molecule has 6 heteroatoms. The van der Waals surface area contributed by atoms with E-state index >= 15 is 0 Å². The number of nitrogens with one attached hydrogen (secondary N) is 1. The number of ether oxygens (including phenoxy) is 2. The van der Waals surface area contributed by atoms with E-state index in [0.29, 0.717) is 12.2 Å². The molecule has 1 rings (SSSR count). The molecule has 3 N–H and O–H groups in total. The summed E-state index contributed by atoms with van der Waals surface area (Å²) in [6, 6.07) is 6.67. The molecule has 0 bridgehead atoms. The molecule has 0 atom stereocenters. The number of thiocarbonyl (C=S) groups is 1. The van der Waals surface area contributed by atoms with Gasteiger partial charge in [-0.05, 0) is 36.5 Å². The highest BCUT2D eigenvalue weighted by molar-refractivity contribution is 7.80. The number of benzene rings is 1. The van der Waals surface area contributed by atoms with Crippen molar-refractivity contribution < 1.29 is 14.3 Å². The average Bonchev–Trinajstić information content (AvgIpc) is 2.29. The van der Waals surface area contributed by atoms with Gasteiger partial charge < -0.3 is 20.5 Å². The standard InChI is InChI=1S/C11H14N2O3S/c1-15-6-7-16-10(14)8-2-4-9(5-3-8)13-11(12)17/h2-5H,6-7H2,1H3,(H3,12,13,17). The molecule has 0 unspecified atom stereocenters. The van der Waals surface area contributed by atoms with Crippen molar-refractivity contribution in [1.82, 2.24) is 0 Å². The van der Waals surface area contributed by atoms with Crippen LogP contribution in [0.2, 0.25) is 0 Å². The fraction of sp³-hybridized carbons (Fsp3) is 0.273. The highest BCUT2D eigenvalue weighted by atomic mass is 32.1. The van der Waals surface area contributed by atoms with Crippen LogP contribution in [-0.4, -0.2) is 31.4 Å². The Bertz CT molecular complexity index is 392. The quantitative estimate of drug-likeness (QED) is 0.466. The lowest BCUT2D eigenvalue weighted by atomic mass is 10.2. The fourth-order valence-electron chi connectivity index (χ4n) is 1.13. The number of anilines is 1. The molecule has 17 heavy (non-hydrogen) atoms. The van der Waals surface area contributed by atoms with Crippen molar-refractivity contribution in [2.24, 2.45) is 5.73 Å². The van der Waals surface area contributed by atoms with Gasteiger partial charge in [0.1, 0.15) is 6.61 Å². The number of esters is 1. The van der Waals surface area contributed by atoms with E-state index in [-0.39, 0.29) is 17.7 Å². The minimum Gasteiger partial charge on any atom is -0.460 e. The first kappa shape index (κ1) is 13.4. The summed E-state index contributed by atoms with van der Waals surface area (Å²) in [5.74, 6) is -0.385. The highest BCUT2D eigenvalue weighted by Gasteiger charge is 2.06. The average molecular weight is 254 g/mol. The topological polar surface area (TPSA) is 73.6 Å². The molecule has 92 valence electrons. The SMILES string of the molecule is COCCOC(=O)c1ccc(NC(N)=S)cc1. The molecule has 0 radical (unpaired) electrons. The van der Waals surface area contributed by atoms with Gasteiger partial charge in [0.25, 0.3) is 0 Å². The highest BCUT2D eigenvalue weighted by Crippen LogP contribution is 2.10. The number of methoxy groups -OCH3 is 1. The van der Waals surface area contributed by atoms with E-state index in [9.17, 15) is 4.79 Å². The van der Waals surface area contributed by atoms with Crippen molar-refractivity contribution in [2.75, 3.05) is 25.6 Å². The first-order valence-corrected chi connectivity index (χ1v) is 5.37. The maximum absolute atomic E-state index is 11.5. The Morgan fingerprint density at radius 3 is 2.53 bits per heavy atom. The van der Waals surface area contributed by atoms with Gasteiger partial charge in [-0.15, -0.1) is 0 Å². The summed E-state index contributed by atoms with van der Waals surface area (Å²) in [5, 5.41) is 2.94. The Labute approximate surface area is 105 Å².